The van der Waals surface area contributed by atoms with Gasteiger partial charge >= 0.3 is 0 Å². The highest BCUT2D eigenvalue weighted by Gasteiger charge is 2.23. The van der Waals surface area contributed by atoms with Crippen molar-refractivity contribution in [3.63, 3.8) is 0 Å². The second-order valence-electron chi connectivity index (χ2n) is 23.8. The van der Waals surface area contributed by atoms with E-state index in [2.05, 4.69) is 324 Å². The van der Waals surface area contributed by atoms with Gasteiger partial charge in [0.15, 0.2) is 17.5 Å². The Balaban J connectivity index is 0.000000552. The molecule has 96 heavy (non-hydrogen) atoms. The molecular formula is C89H63N7. The number of hydrogen-bond acceptors (Lipinski definition) is 3. The molecule has 0 spiro atoms. The molecule has 0 radical (unpaired) electrons. The number of allylic oxidation sites excluding steroid dienone is 2. The van der Waals surface area contributed by atoms with Gasteiger partial charge in [-0.1, -0.05) is 275 Å². The number of hydrogen-bond donors (Lipinski definition) is 0. The van der Waals surface area contributed by atoms with Crippen molar-refractivity contribution < 1.29 is 0 Å². The Bertz CT molecular complexity index is 5260. The highest BCUT2D eigenvalue weighted by atomic mass is 15.1. The zero-order valence-corrected chi connectivity index (χ0v) is 52.7. The molecule has 454 valence electrons. The first-order chi connectivity index (χ1) is 47.4. The van der Waals surface area contributed by atoms with Crippen molar-refractivity contribution in [3.8, 4) is 68.0 Å². The third kappa shape index (κ3) is 10.3. The van der Waals surface area contributed by atoms with Crippen LogP contribution in [0.4, 0.5) is 0 Å². The van der Waals surface area contributed by atoms with Crippen molar-refractivity contribution in [3.05, 3.63) is 359 Å². The predicted octanol–water partition coefficient (Wildman–Crippen LogP) is 23.3. The average molecular weight is 1230 g/mol. The van der Waals surface area contributed by atoms with Crippen LogP contribution < -0.4 is 0 Å². The van der Waals surface area contributed by atoms with E-state index in [1.54, 1.807) is 12.2 Å². The molecule has 0 aliphatic carbocycles. The quantitative estimate of drug-likeness (QED) is 0.121. The molecule has 18 aromatic rings. The summed E-state index contributed by atoms with van der Waals surface area (Å²) in [6.07, 6.45) is 6.98. The van der Waals surface area contributed by atoms with E-state index in [4.69, 9.17) is 15.0 Å². The maximum absolute atomic E-state index is 5.70. The second kappa shape index (κ2) is 24.9. The van der Waals surface area contributed by atoms with E-state index in [9.17, 15) is 0 Å². The minimum atomic E-state index is 0.546. The van der Waals surface area contributed by atoms with E-state index in [-0.39, 0.29) is 0 Å². The number of aromatic nitrogens is 7. The van der Waals surface area contributed by atoms with E-state index in [1.807, 2.05) is 42.5 Å². The Morgan fingerprint density at radius 2 is 0.427 bits per heavy atom. The van der Waals surface area contributed by atoms with Gasteiger partial charge in [-0.2, -0.15) is 0 Å². The molecule has 0 N–H and O–H groups in total. The molecule has 0 aliphatic heterocycles. The van der Waals surface area contributed by atoms with Gasteiger partial charge < -0.3 is 18.3 Å². The molecular weight excluding hydrogens is 1170 g/mol. The summed E-state index contributed by atoms with van der Waals surface area (Å²) in [5.41, 5.74) is 19.8. The van der Waals surface area contributed by atoms with Gasteiger partial charge in [0.1, 0.15) is 0 Å². The average Bonchev–Trinajstić information content (AvgIpc) is 1.40. The lowest BCUT2D eigenvalue weighted by molar-refractivity contribution is 1.06. The molecule has 0 bridgehead atoms. The van der Waals surface area contributed by atoms with Crippen molar-refractivity contribution in [2.45, 2.75) is 0 Å². The van der Waals surface area contributed by atoms with Gasteiger partial charge in [-0.3, -0.25) is 0 Å². The van der Waals surface area contributed by atoms with Gasteiger partial charge in [0.25, 0.3) is 0 Å². The smallest absolute Gasteiger partial charge is 0.164 e. The van der Waals surface area contributed by atoms with E-state index < -0.39 is 0 Å². The number of para-hydroxylation sites is 8. The van der Waals surface area contributed by atoms with Crippen LogP contribution in [-0.4, -0.2) is 33.2 Å². The maximum atomic E-state index is 5.70. The molecule has 0 unspecified atom stereocenters. The van der Waals surface area contributed by atoms with Crippen molar-refractivity contribution >= 4 is 99.4 Å². The summed E-state index contributed by atoms with van der Waals surface area (Å²) in [6.45, 7) is 14.3. The van der Waals surface area contributed by atoms with Gasteiger partial charge in [-0.25, -0.2) is 15.0 Å². The van der Waals surface area contributed by atoms with Crippen LogP contribution in [0, 0.1) is 0 Å². The lowest BCUT2D eigenvalue weighted by atomic mass is 10.0. The lowest BCUT2D eigenvalue weighted by Gasteiger charge is -2.17. The summed E-state index contributed by atoms with van der Waals surface area (Å²) < 4.78 is 9.56. The monoisotopic (exact) mass is 1230 g/mol. The molecule has 0 amide bonds. The lowest BCUT2D eigenvalue weighted by Crippen LogP contribution is -2.05. The first-order valence-corrected chi connectivity index (χ1v) is 32.2. The van der Waals surface area contributed by atoms with Crippen molar-refractivity contribution in [2.24, 2.45) is 0 Å². The predicted molar refractivity (Wildman–Crippen MR) is 406 cm³/mol. The van der Waals surface area contributed by atoms with Gasteiger partial charge in [-0.05, 0) is 107 Å². The van der Waals surface area contributed by atoms with Crippen LogP contribution in [0.1, 0.15) is 11.1 Å². The second-order valence-corrected chi connectivity index (χ2v) is 23.8. The van der Waals surface area contributed by atoms with Crippen molar-refractivity contribution in [2.75, 3.05) is 0 Å². The molecule has 0 atom stereocenters. The fraction of sp³-hybridized carbons (Fsp3) is 0. The molecule has 13 aromatic carbocycles. The molecule has 0 saturated heterocycles. The number of rotatable bonds is 11. The minimum Gasteiger partial charge on any atom is -0.309 e. The highest BCUT2D eigenvalue weighted by Crippen LogP contribution is 2.41. The van der Waals surface area contributed by atoms with Gasteiger partial charge in [0.2, 0.25) is 0 Å². The number of nitrogens with zero attached hydrogens (tertiary/aromatic N) is 7. The molecule has 7 heteroatoms. The summed E-state index contributed by atoms with van der Waals surface area (Å²) in [7, 11) is 0. The summed E-state index contributed by atoms with van der Waals surface area (Å²) in [6, 6.07) is 110. The molecule has 18 rings (SSSR count). The van der Waals surface area contributed by atoms with Crippen molar-refractivity contribution in [1.82, 2.24) is 33.2 Å². The van der Waals surface area contributed by atoms with Gasteiger partial charge in [0, 0.05) is 82.5 Å². The summed E-state index contributed by atoms with van der Waals surface area (Å²) in [5, 5.41) is 9.47. The van der Waals surface area contributed by atoms with E-state index in [0.717, 1.165) is 100 Å². The highest BCUT2D eigenvalue weighted by molar-refractivity contribution is 6.13. The van der Waals surface area contributed by atoms with Crippen LogP contribution in [0.3, 0.4) is 0 Å². The number of benzene rings is 13. The Morgan fingerprint density at radius 3 is 0.677 bits per heavy atom. The SMILES string of the molecule is C=CC=C.C=Cc1ccc(-c2ccc(-c3nc(-c4cc(-n5c6ccccc6c6ccccc65)cc(-n5c6ccccc6c6ccccc65)c4)nc(-c4cc(-n5c6ccccc6c6ccccc65)cc(-n5c6ccccc6c6ccccc65)c4)n3)cc2)cc1.C=Cc1ccccc1. The van der Waals surface area contributed by atoms with Crippen LogP contribution in [0.15, 0.2) is 348 Å². The summed E-state index contributed by atoms with van der Waals surface area (Å²) in [4.78, 5) is 16.8. The number of fused-ring (bicyclic) bond motifs is 12. The third-order valence-corrected chi connectivity index (χ3v) is 18.1. The van der Waals surface area contributed by atoms with E-state index in [1.165, 1.54) is 48.7 Å². The van der Waals surface area contributed by atoms with Crippen LogP contribution in [0.5, 0.6) is 0 Å². The topological polar surface area (TPSA) is 58.4 Å². The summed E-state index contributed by atoms with van der Waals surface area (Å²) >= 11 is 0. The van der Waals surface area contributed by atoms with Crippen LogP contribution in [-0.2, 0) is 0 Å². The minimum absolute atomic E-state index is 0.546. The molecule has 0 saturated carbocycles. The zero-order valence-electron chi connectivity index (χ0n) is 52.7. The molecule has 0 fully saturated rings. The van der Waals surface area contributed by atoms with Crippen molar-refractivity contribution in [1.29, 1.82) is 0 Å². The molecule has 0 aliphatic rings. The van der Waals surface area contributed by atoms with E-state index in [0.29, 0.717) is 17.5 Å². The zero-order chi connectivity index (χ0) is 64.6. The fourth-order valence-electron chi connectivity index (χ4n) is 13.7. The third-order valence-electron chi connectivity index (χ3n) is 18.1. The van der Waals surface area contributed by atoms with Gasteiger partial charge in [-0.15, -0.1) is 0 Å². The first-order valence-electron chi connectivity index (χ1n) is 32.2. The van der Waals surface area contributed by atoms with Gasteiger partial charge in [0.05, 0.1) is 44.1 Å². The fourth-order valence-corrected chi connectivity index (χ4v) is 13.7. The molecule has 5 aromatic heterocycles. The van der Waals surface area contributed by atoms with Crippen LogP contribution >= 0.6 is 0 Å². The largest absolute Gasteiger partial charge is 0.309 e. The molecule has 7 nitrogen and oxygen atoms in total. The molecule has 5 heterocycles. The Morgan fingerprint density at radius 1 is 0.208 bits per heavy atom. The van der Waals surface area contributed by atoms with Crippen LogP contribution in [0.2, 0.25) is 0 Å². The first kappa shape index (κ1) is 58.1. The summed E-state index contributed by atoms with van der Waals surface area (Å²) in [5.74, 6) is 1.65. The standard InChI is InChI=1S/C77H49N7.C8H8.C4H6/c1-2-49-35-37-50(38-36-49)51-39-41-52(42-40-51)75-78-76(53-43-55(81-67-27-11-3-19-59(67)60-20-4-12-28-68(60)81)47-56(44-53)82-69-29-13-5-21-61(69)62-22-6-14-30-70(62)82)80-77(79-75)54-45-57(83-71-31-15-7-23-63(71)64-24-8-16-32-72(64)83)48-58(46-54)84-73-33-17-9-25-65(73)66-26-10-18-34-74(66)84;1-2-8-6-4-3-5-7-8;1-3-4-2/h2-48H,1H2;2-7H,1H2;3-4H,1-2H2. The Hall–Kier alpha value is -13.0. The van der Waals surface area contributed by atoms with Crippen LogP contribution in [0.25, 0.3) is 167 Å². The van der Waals surface area contributed by atoms with E-state index >= 15 is 0 Å². The normalized spacial score (nSPS) is 11.3. The Kier molecular flexibility index (Phi) is 15.1. The maximum Gasteiger partial charge on any atom is 0.164 e. The Labute approximate surface area is 556 Å².